The first-order chi connectivity index (χ1) is 9.15. The van der Waals surface area contributed by atoms with E-state index in [-0.39, 0.29) is 0 Å². The van der Waals surface area contributed by atoms with Crippen molar-refractivity contribution in [1.82, 2.24) is 5.32 Å². The average Bonchev–Trinajstić information content (AvgIpc) is 2.29. The zero-order valence-corrected chi connectivity index (χ0v) is 13.4. The topological polar surface area (TPSA) is 75.6 Å². The Labute approximate surface area is 122 Å². The fraction of sp³-hybridized carbons (Fsp3) is 0.867. The first-order valence-electron chi connectivity index (χ1n) is 7.38. The molecule has 0 saturated heterocycles. The predicted octanol–water partition coefficient (Wildman–Crippen LogP) is 3.57. The van der Waals surface area contributed by atoms with Gasteiger partial charge in [0.05, 0.1) is 0 Å². The Kier molecular flexibility index (Phi) is 8.26. The Morgan fingerprint density at radius 1 is 1.20 bits per heavy atom. The van der Waals surface area contributed by atoms with Gasteiger partial charge in [0.1, 0.15) is 11.6 Å². The highest BCUT2D eigenvalue weighted by atomic mass is 16.6. The highest BCUT2D eigenvalue weighted by Crippen LogP contribution is 2.17. The zero-order chi connectivity index (χ0) is 15.8. The van der Waals surface area contributed by atoms with Crippen molar-refractivity contribution in [2.24, 2.45) is 5.92 Å². The number of amides is 1. The number of carboxylic acid groups (broad SMARTS) is 1. The standard InChI is InChI=1S/C15H29NO4/c1-6-7-8-11(2)9-10-12(16-14(18)19)13(17)20-15(3,4)5/h11-12,16H,6-10H2,1-5H3,(H,18,19). The molecule has 0 rings (SSSR count). The Hall–Kier alpha value is -1.26. The molecule has 0 aliphatic rings. The van der Waals surface area contributed by atoms with Crippen molar-refractivity contribution in [3.05, 3.63) is 0 Å². The molecule has 2 N–H and O–H groups in total. The van der Waals surface area contributed by atoms with Crippen LogP contribution in [0.4, 0.5) is 4.79 Å². The van der Waals surface area contributed by atoms with Crippen LogP contribution in [0.5, 0.6) is 0 Å². The summed E-state index contributed by atoms with van der Waals surface area (Å²) in [5, 5.41) is 11.1. The van der Waals surface area contributed by atoms with Gasteiger partial charge >= 0.3 is 12.1 Å². The normalized spacial score (nSPS) is 14.4. The predicted molar refractivity (Wildman–Crippen MR) is 78.7 cm³/mol. The molecule has 5 nitrogen and oxygen atoms in total. The number of carbonyl (C=O) groups excluding carboxylic acids is 1. The second-order valence-corrected chi connectivity index (χ2v) is 6.36. The van der Waals surface area contributed by atoms with E-state index in [0.717, 1.165) is 25.7 Å². The van der Waals surface area contributed by atoms with Crippen LogP contribution < -0.4 is 5.32 Å². The molecule has 118 valence electrons. The summed E-state index contributed by atoms with van der Waals surface area (Å²) in [6.45, 7) is 9.58. The van der Waals surface area contributed by atoms with E-state index in [4.69, 9.17) is 9.84 Å². The van der Waals surface area contributed by atoms with E-state index in [9.17, 15) is 9.59 Å². The summed E-state index contributed by atoms with van der Waals surface area (Å²) < 4.78 is 5.25. The van der Waals surface area contributed by atoms with E-state index >= 15 is 0 Å². The van der Waals surface area contributed by atoms with E-state index in [0.29, 0.717) is 12.3 Å². The van der Waals surface area contributed by atoms with Crippen LogP contribution in [0, 0.1) is 5.92 Å². The van der Waals surface area contributed by atoms with Crippen molar-refractivity contribution in [3.8, 4) is 0 Å². The molecule has 0 spiro atoms. The van der Waals surface area contributed by atoms with Gasteiger partial charge in [-0.3, -0.25) is 0 Å². The first kappa shape index (κ1) is 18.7. The Morgan fingerprint density at radius 3 is 2.25 bits per heavy atom. The second kappa shape index (κ2) is 8.82. The molecule has 0 heterocycles. The van der Waals surface area contributed by atoms with Gasteiger partial charge < -0.3 is 15.2 Å². The number of esters is 1. The van der Waals surface area contributed by atoms with E-state index < -0.39 is 23.7 Å². The lowest BCUT2D eigenvalue weighted by molar-refractivity contribution is -0.157. The van der Waals surface area contributed by atoms with Gasteiger partial charge in [-0.25, -0.2) is 9.59 Å². The van der Waals surface area contributed by atoms with Gasteiger partial charge in [-0.05, 0) is 39.5 Å². The minimum Gasteiger partial charge on any atom is -0.465 e. The van der Waals surface area contributed by atoms with Crippen LogP contribution in [0.15, 0.2) is 0 Å². The zero-order valence-electron chi connectivity index (χ0n) is 13.4. The lowest BCUT2D eigenvalue weighted by atomic mass is 9.96. The van der Waals surface area contributed by atoms with Crippen molar-refractivity contribution in [2.75, 3.05) is 0 Å². The molecule has 0 aliphatic carbocycles. The van der Waals surface area contributed by atoms with E-state index in [1.165, 1.54) is 0 Å². The van der Waals surface area contributed by atoms with Crippen LogP contribution in [0.25, 0.3) is 0 Å². The van der Waals surface area contributed by atoms with Gasteiger partial charge in [0, 0.05) is 0 Å². The molecular weight excluding hydrogens is 258 g/mol. The summed E-state index contributed by atoms with van der Waals surface area (Å²) in [6, 6.07) is -0.782. The fourth-order valence-electron chi connectivity index (χ4n) is 1.92. The summed E-state index contributed by atoms with van der Waals surface area (Å²) in [4.78, 5) is 22.8. The first-order valence-corrected chi connectivity index (χ1v) is 7.38. The van der Waals surface area contributed by atoms with Crippen molar-refractivity contribution in [2.45, 2.75) is 78.4 Å². The summed E-state index contributed by atoms with van der Waals surface area (Å²) in [7, 11) is 0. The molecule has 0 aliphatic heterocycles. The van der Waals surface area contributed by atoms with Crippen molar-refractivity contribution >= 4 is 12.1 Å². The molecule has 0 aromatic carbocycles. The Morgan fingerprint density at radius 2 is 1.80 bits per heavy atom. The number of hydrogen-bond donors (Lipinski definition) is 2. The van der Waals surface area contributed by atoms with Gasteiger partial charge in [0.15, 0.2) is 0 Å². The van der Waals surface area contributed by atoms with Crippen LogP contribution in [0.3, 0.4) is 0 Å². The Balaban J connectivity index is 4.41. The molecule has 0 saturated carbocycles. The summed E-state index contributed by atoms with van der Waals surface area (Å²) in [5.74, 6) is -0.0157. The van der Waals surface area contributed by atoms with Crippen LogP contribution >= 0.6 is 0 Å². The fourth-order valence-corrected chi connectivity index (χ4v) is 1.92. The SMILES string of the molecule is CCCCC(C)CCC(NC(=O)O)C(=O)OC(C)(C)C. The lowest BCUT2D eigenvalue weighted by Gasteiger charge is -2.24. The van der Waals surface area contributed by atoms with Gasteiger partial charge in [0.2, 0.25) is 0 Å². The van der Waals surface area contributed by atoms with E-state index in [1.54, 1.807) is 20.8 Å². The molecule has 0 aromatic rings. The largest absolute Gasteiger partial charge is 0.465 e. The van der Waals surface area contributed by atoms with Crippen molar-refractivity contribution in [1.29, 1.82) is 0 Å². The van der Waals surface area contributed by atoms with Crippen LogP contribution in [-0.4, -0.2) is 28.8 Å². The summed E-state index contributed by atoms with van der Waals surface area (Å²) in [5.41, 5.74) is -0.608. The Bertz CT molecular complexity index is 309. The molecule has 0 bridgehead atoms. The molecule has 5 heteroatoms. The molecule has 0 radical (unpaired) electrons. The number of carbonyl (C=O) groups is 2. The molecule has 0 fully saturated rings. The van der Waals surface area contributed by atoms with Crippen molar-refractivity contribution in [3.63, 3.8) is 0 Å². The monoisotopic (exact) mass is 287 g/mol. The maximum atomic E-state index is 12.0. The van der Waals surface area contributed by atoms with Gasteiger partial charge in [-0.2, -0.15) is 0 Å². The van der Waals surface area contributed by atoms with E-state index in [2.05, 4.69) is 19.2 Å². The number of unbranched alkanes of at least 4 members (excludes halogenated alkanes) is 1. The van der Waals surface area contributed by atoms with Gasteiger partial charge in [-0.15, -0.1) is 0 Å². The third-order valence-corrected chi connectivity index (χ3v) is 2.99. The van der Waals surface area contributed by atoms with Crippen LogP contribution in [0.1, 0.15) is 66.7 Å². The number of ether oxygens (including phenoxy) is 1. The van der Waals surface area contributed by atoms with Crippen molar-refractivity contribution < 1.29 is 19.4 Å². The molecule has 0 aromatic heterocycles. The number of hydrogen-bond acceptors (Lipinski definition) is 3. The molecule has 2 unspecified atom stereocenters. The minimum absolute atomic E-state index is 0.478. The maximum absolute atomic E-state index is 12.0. The van der Waals surface area contributed by atoms with Gasteiger partial charge in [0.25, 0.3) is 0 Å². The molecule has 1 amide bonds. The van der Waals surface area contributed by atoms with Crippen LogP contribution in [0.2, 0.25) is 0 Å². The average molecular weight is 287 g/mol. The van der Waals surface area contributed by atoms with Crippen LogP contribution in [-0.2, 0) is 9.53 Å². The number of nitrogens with one attached hydrogen (secondary N) is 1. The van der Waals surface area contributed by atoms with Gasteiger partial charge in [-0.1, -0.05) is 33.1 Å². The third kappa shape index (κ3) is 9.64. The lowest BCUT2D eigenvalue weighted by Crippen LogP contribution is -2.43. The third-order valence-electron chi connectivity index (χ3n) is 2.99. The van der Waals surface area contributed by atoms with E-state index in [1.807, 2.05) is 0 Å². The number of rotatable bonds is 8. The highest BCUT2D eigenvalue weighted by molar-refractivity contribution is 5.80. The maximum Gasteiger partial charge on any atom is 0.405 e. The molecular formula is C15H29NO4. The minimum atomic E-state index is -1.19. The second-order valence-electron chi connectivity index (χ2n) is 6.36. The molecule has 20 heavy (non-hydrogen) atoms. The molecule has 2 atom stereocenters. The highest BCUT2D eigenvalue weighted by Gasteiger charge is 2.26. The summed E-state index contributed by atoms with van der Waals surface area (Å²) >= 11 is 0. The smallest absolute Gasteiger partial charge is 0.405 e. The summed E-state index contributed by atoms with van der Waals surface area (Å²) in [6.07, 6.45) is 3.50. The quantitative estimate of drug-likeness (QED) is 0.669.